The lowest BCUT2D eigenvalue weighted by Crippen LogP contribution is -2.45. The highest BCUT2D eigenvalue weighted by Crippen LogP contribution is 2.23. The van der Waals surface area contributed by atoms with E-state index in [0.717, 1.165) is 32.6 Å². The lowest BCUT2D eigenvalue weighted by Gasteiger charge is -2.34. The Labute approximate surface area is 97.1 Å². The Morgan fingerprint density at radius 3 is 2.81 bits per heavy atom. The van der Waals surface area contributed by atoms with Crippen LogP contribution in [0.3, 0.4) is 0 Å². The highest BCUT2D eigenvalue weighted by molar-refractivity contribution is 5.17. The second kappa shape index (κ2) is 5.99. The third-order valence-electron chi connectivity index (χ3n) is 3.09. The smallest absolute Gasteiger partial charge is 0.0449 e. The van der Waals surface area contributed by atoms with E-state index in [1.807, 2.05) is 18.2 Å². The summed E-state index contributed by atoms with van der Waals surface area (Å²) >= 11 is 0. The first-order chi connectivity index (χ1) is 7.92. The van der Waals surface area contributed by atoms with E-state index in [-0.39, 0.29) is 6.61 Å². The van der Waals surface area contributed by atoms with E-state index in [9.17, 15) is 5.11 Å². The lowest BCUT2D eigenvalue weighted by molar-refractivity contribution is 0.141. The average Bonchev–Trinajstić information content (AvgIpc) is 2.38. The molecule has 3 nitrogen and oxygen atoms in total. The van der Waals surface area contributed by atoms with Gasteiger partial charge in [-0.3, -0.25) is 4.90 Å². The fourth-order valence-electron chi connectivity index (χ4n) is 2.27. The number of benzene rings is 1. The molecule has 1 aliphatic rings. The SMILES string of the molecule is OCCC(c1[c]cccc1)N1CCNCC1. The van der Waals surface area contributed by atoms with Gasteiger partial charge in [-0.1, -0.05) is 24.3 Å². The molecule has 16 heavy (non-hydrogen) atoms. The maximum atomic E-state index is 9.17. The van der Waals surface area contributed by atoms with Gasteiger partial charge in [0.05, 0.1) is 0 Å². The van der Waals surface area contributed by atoms with Crippen molar-refractivity contribution >= 4 is 0 Å². The van der Waals surface area contributed by atoms with Crippen LogP contribution in [0.25, 0.3) is 0 Å². The van der Waals surface area contributed by atoms with Crippen molar-refractivity contribution < 1.29 is 5.11 Å². The van der Waals surface area contributed by atoms with Gasteiger partial charge in [0.1, 0.15) is 0 Å². The average molecular weight is 219 g/mol. The molecule has 1 aromatic carbocycles. The molecule has 0 aliphatic carbocycles. The van der Waals surface area contributed by atoms with Gasteiger partial charge in [0.15, 0.2) is 0 Å². The van der Waals surface area contributed by atoms with E-state index in [1.165, 1.54) is 5.56 Å². The van der Waals surface area contributed by atoms with Crippen molar-refractivity contribution in [2.24, 2.45) is 0 Å². The normalized spacial score (nSPS) is 19.6. The summed E-state index contributed by atoms with van der Waals surface area (Å²) in [5.41, 5.74) is 1.19. The molecular weight excluding hydrogens is 200 g/mol. The molecule has 1 heterocycles. The Morgan fingerprint density at radius 1 is 1.38 bits per heavy atom. The van der Waals surface area contributed by atoms with Crippen molar-refractivity contribution in [1.82, 2.24) is 10.2 Å². The Bertz CT molecular complexity index is 296. The first kappa shape index (κ1) is 11.6. The molecule has 0 amide bonds. The Kier molecular flexibility index (Phi) is 4.34. The minimum Gasteiger partial charge on any atom is -0.396 e. The van der Waals surface area contributed by atoms with Gasteiger partial charge < -0.3 is 10.4 Å². The van der Waals surface area contributed by atoms with Crippen LogP contribution in [-0.2, 0) is 0 Å². The summed E-state index contributed by atoms with van der Waals surface area (Å²) in [5.74, 6) is 0. The molecule has 1 unspecified atom stereocenters. The zero-order valence-electron chi connectivity index (χ0n) is 9.52. The van der Waals surface area contributed by atoms with Crippen LogP contribution in [0.15, 0.2) is 24.3 Å². The predicted octanol–water partition coefficient (Wildman–Crippen LogP) is 0.815. The topological polar surface area (TPSA) is 35.5 Å². The van der Waals surface area contributed by atoms with Crippen LogP contribution < -0.4 is 5.32 Å². The fourth-order valence-corrected chi connectivity index (χ4v) is 2.27. The van der Waals surface area contributed by atoms with Crippen molar-refractivity contribution in [3.63, 3.8) is 0 Å². The molecule has 1 radical (unpaired) electrons. The molecule has 0 bridgehead atoms. The number of aliphatic hydroxyl groups excluding tert-OH is 1. The summed E-state index contributed by atoms with van der Waals surface area (Å²) < 4.78 is 0. The summed E-state index contributed by atoms with van der Waals surface area (Å²) in [5, 5.41) is 12.5. The van der Waals surface area contributed by atoms with Crippen molar-refractivity contribution in [3.05, 3.63) is 35.9 Å². The number of rotatable bonds is 4. The Morgan fingerprint density at radius 2 is 2.19 bits per heavy atom. The summed E-state index contributed by atoms with van der Waals surface area (Å²) in [6.07, 6.45) is 0.792. The molecule has 1 aromatic rings. The monoisotopic (exact) mass is 219 g/mol. The number of piperazine rings is 1. The molecule has 87 valence electrons. The van der Waals surface area contributed by atoms with Crippen LogP contribution in [0, 0.1) is 6.07 Å². The Hall–Kier alpha value is -0.900. The van der Waals surface area contributed by atoms with E-state index in [1.54, 1.807) is 0 Å². The maximum Gasteiger partial charge on any atom is 0.0449 e. The molecule has 2 N–H and O–H groups in total. The fraction of sp³-hybridized carbons (Fsp3) is 0.538. The van der Waals surface area contributed by atoms with Crippen molar-refractivity contribution in [3.8, 4) is 0 Å². The minimum absolute atomic E-state index is 0.233. The molecule has 0 spiro atoms. The van der Waals surface area contributed by atoms with Crippen LogP contribution in [0.1, 0.15) is 18.0 Å². The van der Waals surface area contributed by atoms with Crippen LogP contribution in [-0.4, -0.2) is 42.8 Å². The lowest BCUT2D eigenvalue weighted by atomic mass is 10.0. The highest BCUT2D eigenvalue weighted by Gasteiger charge is 2.21. The van der Waals surface area contributed by atoms with Crippen LogP contribution in [0.2, 0.25) is 0 Å². The molecular formula is C13H19N2O. The van der Waals surface area contributed by atoms with E-state index in [4.69, 9.17) is 0 Å². The number of aliphatic hydroxyl groups is 1. The highest BCUT2D eigenvalue weighted by atomic mass is 16.3. The third-order valence-corrected chi connectivity index (χ3v) is 3.09. The van der Waals surface area contributed by atoms with Crippen molar-refractivity contribution in [1.29, 1.82) is 0 Å². The van der Waals surface area contributed by atoms with Gasteiger partial charge in [-0.15, -0.1) is 0 Å². The first-order valence-electron chi connectivity index (χ1n) is 5.94. The minimum atomic E-state index is 0.233. The number of hydrogen-bond acceptors (Lipinski definition) is 3. The molecule has 2 rings (SSSR count). The van der Waals surface area contributed by atoms with Gasteiger partial charge in [-0.25, -0.2) is 0 Å². The molecule has 1 aliphatic heterocycles. The summed E-state index contributed by atoms with van der Waals surface area (Å²) in [6.45, 7) is 4.40. The second-order valence-corrected chi connectivity index (χ2v) is 4.13. The van der Waals surface area contributed by atoms with Gasteiger partial charge in [0, 0.05) is 38.8 Å². The van der Waals surface area contributed by atoms with E-state index in [2.05, 4.69) is 22.3 Å². The molecule has 3 heteroatoms. The maximum absolute atomic E-state index is 9.17. The number of nitrogens with zero attached hydrogens (tertiary/aromatic N) is 1. The first-order valence-corrected chi connectivity index (χ1v) is 5.94. The van der Waals surface area contributed by atoms with Crippen molar-refractivity contribution in [2.75, 3.05) is 32.8 Å². The quantitative estimate of drug-likeness (QED) is 0.787. The number of hydrogen-bond donors (Lipinski definition) is 2. The molecule has 0 saturated carbocycles. The number of nitrogens with one attached hydrogen (secondary N) is 1. The summed E-state index contributed by atoms with van der Waals surface area (Å²) in [6, 6.07) is 11.7. The van der Waals surface area contributed by atoms with Gasteiger partial charge >= 0.3 is 0 Å². The van der Waals surface area contributed by atoms with Crippen LogP contribution in [0.4, 0.5) is 0 Å². The molecule has 1 atom stereocenters. The van der Waals surface area contributed by atoms with Gasteiger partial charge in [-0.05, 0) is 18.1 Å². The van der Waals surface area contributed by atoms with Crippen molar-refractivity contribution in [2.45, 2.75) is 12.5 Å². The third kappa shape index (κ3) is 2.82. The largest absolute Gasteiger partial charge is 0.396 e. The molecule has 1 fully saturated rings. The van der Waals surface area contributed by atoms with Gasteiger partial charge in [-0.2, -0.15) is 0 Å². The van der Waals surface area contributed by atoms with E-state index >= 15 is 0 Å². The molecule has 1 saturated heterocycles. The molecule has 0 aromatic heterocycles. The summed E-state index contributed by atoms with van der Waals surface area (Å²) in [4.78, 5) is 2.43. The van der Waals surface area contributed by atoms with Gasteiger partial charge in [0.25, 0.3) is 0 Å². The van der Waals surface area contributed by atoms with Gasteiger partial charge in [0.2, 0.25) is 0 Å². The zero-order valence-corrected chi connectivity index (χ0v) is 9.52. The van der Waals surface area contributed by atoms with Crippen LogP contribution >= 0.6 is 0 Å². The predicted molar refractivity (Wildman–Crippen MR) is 64.2 cm³/mol. The summed E-state index contributed by atoms with van der Waals surface area (Å²) in [7, 11) is 0. The van der Waals surface area contributed by atoms with E-state index < -0.39 is 0 Å². The zero-order chi connectivity index (χ0) is 11.2. The standard InChI is InChI=1S/C13H19N2O/c16-11-6-13(12-4-2-1-3-5-12)15-9-7-14-8-10-15/h1-4,13-14,16H,6-11H2. The van der Waals surface area contributed by atoms with E-state index in [0.29, 0.717) is 6.04 Å². The van der Waals surface area contributed by atoms with Crippen LogP contribution in [0.5, 0.6) is 0 Å². The second-order valence-electron chi connectivity index (χ2n) is 4.13. The Balaban J connectivity index is 2.09.